The molecule has 0 bridgehead atoms. The Morgan fingerprint density at radius 3 is 2.68 bits per heavy atom. The molecule has 0 aromatic rings. The summed E-state index contributed by atoms with van der Waals surface area (Å²) < 4.78 is 0. The van der Waals surface area contributed by atoms with Gasteiger partial charge >= 0.3 is 5.97 Å². The fourth-order valence-electron chi connectivity index (χ4n) is 3.65. The minimum absolute atomic E-state index is 0.244. The molecule has 1 fully saturated rings. The molecule has 1 saturated carbocycles. The van der Waals surface area contributed by atoms with E-state index in [2.05, 4.69) is 18.2 Å². The van der Waals surface area contributed by atoms with Crippen LogP contribution >= 0.6 is 0 Å². The maximum atomic E-state index is 10.5. The standard InChI is InChI=1S/C20H35NO4/c1-2-3-6-9-17(22)14-12-16-13-15-19(21-25)18(16)10-7-4-5-8-11-20(23)24/h12,14,16-18,22,25H,2-11,13,15H2,1H3,(H,23,24). The van der Waals surface area contributed by atoms with E-state index in [-0.39, 0.29) is 18.4 Å². The first kappa shape index (κ1) is 21.7. The number of carboxylic acids is 1. The first-order valence-corrected chi connectivity index (χ1v) is 9.87. The second-order valence-corrected chi connectivity index (χ2v) is 7.20. The van der Waals surface area contributed by atoms with E-state index in [1.807, 2.05) is 6.08 Å². The van der Waals surface area contributed by atoms with E-state index in [0.29, 0.717) is 5.92 Å². The molecule has 0 aromatic heterocycles. The molecule has 5 heteroatoms. The number of hydrogen-bond acceptors (Lipinski definition) is 4. The highest BCUT2D eigenvalue weighted by atomic mass is 16.4. The van der Waals surface area contributed by atoms with Crippen molar-refractivity contribution in [2.75, 3.05) is 0 Å². The number of nitrogens with zero attached hydrogens (tertiary/aromatic N) is 1. The Kier molecular flexibility index (Phi) is 11.2. The van der Waals surface area contributed by atoms with Crippen LogP contribution in [0.3, 0.4) is 0 Å². The fourth-order valence-corrected chi connectivity index (χ4v) is 3.65. The first-order chi connectivity index (χ1) is 12.1. The summed E-state index contributed by atoms with van der Waals surface area (Å²) in [5.41, 5.74) is 0.876. The molecule has 0 aromatic carbocycles. The van der Waals surface area contributed by atoms with Crippen LogP contribution in [-0.2, 0) is 4.79 Å². The maximum absolute atomic E-state index is 10.5. The molecule has 0 heterocycles. The number of unbranched alkanes of at least 4 members (excludes halogenated alkanes) is 5. The molecule has 0 spiro atoms. The molecule has 144 valence electrons. The largest absolute Gasteiger partial charge is 0.481 e. The van der Waals surface area contributed by atoms with E-state index in [9.17, 15) is 15.1 Å². The number of hydrogen-bond donors (Lipinski definition) is 3. The predicted octanol–water partition coefficient (Wildman–Crippen LogP) is 4.77. The van der Waals surface area contributed by atoms with E-state index < -0.39 is 5.97 Å². The van der Waals surface area contributed by atoms with Crippen molar-refractivity contribution in [3.63, 3.8) is 0 Å². The third kappa shape index (κ3) is 9.05. The first-order valence-electron chi connectivity index (χ1n) is 9.87. The van der Waals surface area contributed by atoms with Crippen LogP contribution in [-0.4, -0.2) is 33.2 Å². The van der Waals surface area contributed by atoms with Crippen LogP contribution in [0.15, 0.2) is 17.3 Å². The molecule has 1 aliphatic rings. The number of aliphatic hydroxyl groups is 1. The van der Waals surface area contributed by atoms with Crippen molar-refractivity contribution in [3.8, 4) is 0 Å². The van der Waals surface area contributed by atoms with Gasteiger partial charge in [0.25, 0.3) is 0 Å². The van der Waals surface area contributed by atoms with E-state index >= 15 is 0 Å². The highest BCUT2D eigenvalue weighted by Crippen LogP contribution is 2.34. The van der Waals surface area contributed by atoms with E-state index in [1.54, 1.807) is 0 Å². The lowest BCUT2D eigenvalue weighted by atomic mass is 9.89. The molecule has 0 radical (unpaired) electrons. The molecular formula is C20H35NO4. The number of allylic oxidation sites excluding steroid dienone is 1. The average molecular weight is 354 g/mol. The van der Waals surface area contributed by atoms with Crippen LogP contribution in [0.2, 0.25) is 0 Å². The summed E-state index contributed by atoms with van der Waals surface area (Å²) in [6.45, 7) is 2.16. The molecule has 0 aliphatic heterocycles. The number of aliphatic carboxylic acids is 1. The van der Waals surface area contributed by atoms with Gasteiger partial charge in [0.1, 0.15) is 0 Å². The normalized spacial score (nSPS) is 23.5. The van der Waals surface area contributed by atoms with Crippen molar-refractivity contribution in [1.82, 2.24) is 0 Å². The summed E-state index contributed by atoms with van der Waals surface area (Å²) in [6, 6.07) is 0. The van der Waals surface area contributed by atoms with Gasteiger partial charge in [-0.05, 0) is 38.0 Å². The van der Waals surface area contributed by atoms with Gasteiger partial charge in [0, 0.05) is 12.3 Å². The second-order valence-electron chi connectivity index (χ2n) is 7.20. The molecule has 3 unspecified atom stereocenters. The van der Waals surface area contributed by atoms with E-state index in [0.717, 1.165) is 76.3 Å². The summed E-state index contributed by atoms with van der Waals surface area (Å²) >= 11 is 0. The van der Waals surface area contributed by atoms with Crippen LogP contribution in [0.1, 0.15) is 84.0 Å². The zero-order valence-corrected chi connectivity index (χ0v) is 15.6. The Morgan fingerprint density at radius 2 is 2.00 bits per heavy atom. The van der Waals surface area contributed by atoms with Crippen molar-refractivity contribution in [2.45, 2.75) is 90.1 Å². The zero-order valence-electron chi connectivity index (χ0n) is 15.6. The number of carboxylic acid groups (broad SMARTS) is 1. The quantitative estimate of drug-likeness (QED) is 0.193. The lowest BCUT2D eigenvalue weighted by Gasteiger charge is -2.17. The minimum atomic E-state index is -0.729. The zero-order chi connectivity index (χ0) is 18.5. The summed E-state index contributed by atoms with van der Waals surface area (Å²) in [7, 11) is 0. The number of aliphatic hydroxyl groups excluding tert-OH is 1. The van der Waals surface area contributed by atoms with Gasteiger partial charge in [-0.15, -0.1) is 0 Å². The van der Waals surface area contributed by atoms with Crippen LogP contribution in [0.25, 0.3) is 0 Å². The maximum Gasteiger partial charge on any atom is 0.303 e. The SMILES string of the molecule is CCCCCC(O)C=CC1CCC(=NO)C1CCCCCCC(=O)O. The molecule has 25 heavy (non-hydrogen) atoms. The summed E-state index contributed by atoms with van der Waals surface area (Å²) in [5, 5.41) is 31.4. The Balaban J connectivity index is 2.38. The number of carbonyl (C=O) groups is 1. The van der Waals surface area contributed by atoms with Crippen LogP contribution in [0, 0.1) is 11.8 Å². The molecule has 0 saturated heterocycles. The van der Waals surface area contributed by atoms with Crippen molar-refractivity contribution >= 4 is 11.7 Å². The van der Waals surface area contributed by atoms with Crippen molar-refractivity contribution in [2.24, 2.45) is 17.0 Å². The highest BCUT2D eigenvalue weighted by Gasteiger charge is 2.31. The Bertz CT molecular complexity index is 433. The van der Waals surface area contributed by atoms with Gasteiger partial charge in [0.15, 0.2) is 0 Å². The van der Waals surface area contributed by atoms with Gasteiger partial charge in [-0.3, -0.25) is 4.79 Å². The van der Waals surface area contributed by atoms with Gasteiger partial charge in [-0.25, -0.2) is 0 Å². The fraction of sp³-hybridized carbons (Fsp3) is 0.800. The molecule has 1 rings (SSSR count). The van der Waals surface area contributed by atoms with Gasteiger partial charge < -0.3 is 15.4 Å². The van der Waals surface area contributed by atoms with Crippen molar-refractivity contribution < 1.29 is 20.2 Å². The minimum Gasteiger partial charge on any atom is -0.481 e. The van der Waals surface area contributed by atoms with E-state index in [1.165, 1.54) is 0 Å². The molecule has 0 amide bonds. The van der Waals surface area contributed by atoms with Gasteiger partial charge in [-0.1, -0.05) is 62.8 Å². The van der Waals surface area contributed by atoms with Crippen LogP contribution in [0.5, 0.6) is 0 Å². The summed E-state index contributed by atoms with van der Waals surface area (Å²) in [5.74, 6) is -0.137. The summed E-state index contributed by atoms with van der Waals surface area (Å²) in [4.78, 5) is 10.5. The Labute approximate surface area is 151 Å². The molecule has 1 aliphatic carbocycles. The third-order valence-corrected chi connectivity index (χ3v) is 5.15. The topological polar surface area (TPSA) is 90.1 Å². The van der Waals surface area contributed by atoms with Crippen molar-refractivity contribution in [3.05, 3.63) is 12.2 Å². The smallest absolute Gasteiger partial charge is 0.303 e. The second kappa shape index (κ2) is 12.9. The van der Waals surface area contributed by atoms with Crippen LogP contribution in [0.4, 0.5) is 0 Å². The molecule has 3 atom stereocenters. The van der Waals surface area contributed by atoms with Gasteiger partial charge in [-0.2, -0.15) is 0 Å². The van der Waals surface area contributed by atoms with Gasteiger partial charge in [0.05, 0.1) is 11.8 Å². The summed E-state index contributed by atoms with van der Waals surface area (Å²) in [6.07, 6.45) is 14.5. The van der Waals surface area contributed by atoms with Crippen molar-refractivity contribution in [1.29, 1.82) is 0 Å². The number of oxime groups is 1. The lowest BCUT2D eigenvalue weighted by Crippen LogP contribution is -2.14. The average Bonchev–Trinajstić information content (AvgIpc) is 2.98. The number of rotatable bonds is 13. The van der Waals surface area contributed by atoms with Gasteiger partial charge in [0.2, 0.25) is 0 Å². The molecule has 3 N–H and O–H groups in total. The van der Waals surface area contributed by atoms with E-state index in [4.69, 9.17) is 5.11 Å². The third-order valence-electron chi connectivity index (χ3n) is 5.15. The van der Waals surface area contributed by atoms with Crippen LogP contribution < -0.4 is 0 Å². The lowest BCUT2D eigenvalue weighted by molar-refractivity contribution is -0.137. The Hall–Kier alpha value is -1.36. The Morgan fingerprint density at radius 1 is 1.24 bits per heavy atom. The molecule has 5 nitrogen and oxygen atoms in total. The highest BCUT2D eigenvalue weighted by molar-refractivity contribution is 5.88. The monoisotopic (exact) mass is 353 g/mol. The predicted molar refractivity (Wildman–Crippen MR) is 100 cm³/mol. The molecular weight excluding hydrogens is 318 g/mol.